The number of benzene rings is 1. The van der Waals surface area contributed by atoms with Gasteiger partial charge >= 0.3 is 0 Å². The van der Waals surface area contributed by atoms with E-state index >= 15 is 0 Å². The second-order valence-corrected chi connectivity index (χ2v) is 6.77. The second kappa shape index (κ2) is 9.25. The van der Waals surface area contributed by atoms with Crippen molar-refractivity contribution in [1.82, 2.24) is 4.90 Å². The van der Waals surface area contributed by atoms with E-state index in [1.807, 2.05) is 0 Å². The summed E-state index contributed by atoms with van der Waals surface area (Å²) in [7, 11) is 0. The fourth-order valence-electron chi connectivity index (χ4n) is 3.11. The van der Waals surface area contributed by atoms with Crippen LogP contribution in [0.15, 0.2) is 24.3 Å². The van der Waals surface area contributed by atoms with Crippen LogP contribution in [0.25, 0.3) is 0 Å². The van der Waals surface area contributed by atoms with Crippen molar-refractivity contribution in [3.8, 4) is 0 Å². The zero-order valence-electron chi connectivity index (χ0n) is 14.0. The van der Waals surface area contributed by atoms with E-state index in [0.717, 1.165) is 0 Å². The van der Waals surface area contributed by atoms with Gasteiger partial charge in [-0.3, -0.25) is 0 Å². The molecule has 21 heavy (non-hydrogen) atoms. The Bertz CT molecular complexity index is 373. The number of piperidine rings is 1. The molecule has 1 radical (unpaired) electrons. The van der Waals surface area contributed by atoms with Crippen molar-refractivity contribution in [3.05, 3.63) is 41.8 Å². The summed E-state index contributed by atoms with van der Waals surface area (Å²) in [5.74, 6) is 0.645. The number of hydrogen-bond donors (Lipinski definition) is 0. The van der Waals surface area contributed by atoms with Crippen molar-refractivity contribution in [3.63, 3.8) is 0 Å². The van der Waals surface area contributed by atoms with Gasteiger partial charge in [0.1, 0.15) is 0 Å². The summed E-state index contributed by atoms with van der Waals surface area (Å²) in [5.41, 5.74) is 2.96. The smallest absolute Gasteiger partial charge is 0.00160 e. The largest absolute Gasteiger partial charge is 0.303 e. The molecule has 1 heterocycles. The summed E-state index contributed by atoms with van der Waals surface area (Å²) in [5, 5.41) is 0. The summed E-state index contributed by atoms with van der Waals surface area (Å²) >= 11 is 0. The van der Waals surface area contributed by atoms with E-state index in [4.69, 9.17) is 0 Å². The van der Waals surface area contributed by atoms with Gasteiger partial charge in [0, 0.05) is 0 Å². The zero-order chi connectivity index (χ0) is 14.9. The second-order valence-electron chi connectivity index (χ2n) is 6.77. The van der Waals surface area contributed by atoms with E-state index in [2.05, 4.69) is 49.4 Å². The van der Waals surface area contributed by atoms with Crippen LogP contribution in [-0.2, 0) is 6.42 Å². The van der Waals surface area contributed by atoms with Gasteiger partial charge in [0.2, 0.25) is 0 Å². The molecule has 1 aliphatic rings. The molecule has 1 aromatic carbocycles. The lowest BCUT2D eigenvalue weighted by molar-refractivity contribution is 0.248. The summed E-state index contributed by atoms with van der Waals surface area (Å²) in [6.07, 6.45) is 11.8. The highest BCUT2D eigenvalue weighted by atomic mass is 15.1. The highest BCUT2D eigenvalue weighted by Crippen LogP contribution is 2.16. The maximum atomic E-state index is 2.63. The molecule has 0 bridgehead atoms. The summed E-state index contributed by atoms with van der Waals surface area (Å²) in [6, 6.07) is 9.24. The monoisotopic (exact) mass is 286 g/mol. The zero-order valence-corrected chi connectivity index (χ0v) is 14.0. The maximum absolute atomic E-state index is 2.63. The van der Waals surface area contributed by atoms with Crippen molar-refractivity contribution in [1.29, 1.82) is 0 Å². The van der Waals surface area contributed by atoms with Crippen LogP contribution in [0, 0.1) is 6.42 Å². The molecular formula is C20H32N. The van der Waals surface area contributed by atoms with Gasteiger partial charge in [-0.15, -0.1) is 0 Å². The van der Waals surface area contributed by atoms with Gasteiger partial charge in [-0.2, -0.15) is 0 Å². The molecule has 1 nitrogen and oxygen atoms in total. The summed E-state index contributed by atoms with van der Waals surface area (Å²) in [4.78, 5) is 2.63. The van der Waals surface area contributed by atoms with E-state index in [9.17, 15) is 0 Å². The molecule has 0 aromatic heterocycles. The van der Waals surface area contributed by atoms with Crippen LogP contribution in [0.2, 0.25) is 0 Å². The third kappa shape index (κ3) is 6.22. The van der Waals surface area contributed by atoms with Gasteiger partial charge < -0.3 is 4.90 Å². The van der Waals surface area contributed by atoms with Crippen molar-refractivity contribution in [2.45, 2.75) is 64.7 Å². The highest BCUT2D eigenvalue weighted by molar-refractivity contribution is 5.24. The molecule has 1 saturated heterocycles. The van der Waals surface area contributed by atoms with Crippen LogP contribution in [0.3, 0.4) is 0 Å². The predicted octanol–water partition coefficient (Wildman–Crippen LogP) is 5.21. The van der Waals surface area contributed by atoms with Gasteiger partial charge in [0.25, 0.3) is 0 Å². The molecule has 0 atom stereocenters. The molecule has 1 heteroatoms. The average Bonchev–Trinajstić information content (AvgIpc) is 2.52. The molecule has 0 saturated carbocycles. The van der Waals surface area contributed by atoms with E-state index in [1.54, 1.807) is 0 Å². The maximum Gasteiger partial charge on any atom is -0.00160 e. The molecule has 0 N–H and O–H groups in total. The summed E-state index contributed by atoms with van der Waals surface area (Å²) in [6.45, 7) is 8.42. The average molecular weight is 286 g/mol. The number of rotatable bonds is 8. The molecule has 1 aromatic rings. The van der Waals surface area contributed by atoms with E-state index in [-0.39, 0.29) is 0 Å². The standard InChI is InChI=1S/C20H32N/c1-18(2)20-13-11-19(12-14-20)10-6-3-4-7-15-21-16-8-5-9-17-21/h5,11-14,18H,3-4,6-10,15-17H2,1-2H3. The SMILES string of the molecule is CC(C)c1ccc(CCCCCCN2CC[CH]CC2)cc1. The molecule has 117 valence electrons. The van der Waals surface area contributed by atoms with Crippen LogP contribution in [0.5, 0.6) is 0 Å². The molecule has 0 amide bonds. The van der Waals surface area contributed by atoms with Crippen LogP contribution in [0.4, 0.5) is 0 Å². The van der Waals surface area contributed by atoms with E-state index < -0.39 is 0 Å². The quantitative estimate of drug-likeness (QED) is 0.593. The minimum Gasteiger partial charge on any atom is -0.303 e. The minimum absolute atomic E-state index is 0.645. The van der Waals surface area contributed by atoms with E-state index in [1.165, 1.54) is 75.7 Å². The first-order valence-corrected chi connectivity index (χ1v) is 8.88. The van der Waals surface area contributed by atoms with E-state index in [0.29, 0.717) is 5.92 Å². The molecule has 0 aliphatic carbocycles. The Hall–Kier alpha value is -0.820. The third-order valence-electron chi connectivity index (χ3n) is 4.64. The number of likely N-dealkylation sites (tertiary alicyclic amines) is 1. The molecule has 0 spiro atoms. The van der Waals surface area contributed by atoms with Gasteiger partial charge in [-0.05, 0) is 75.2 Å². The van der Waals surface area contributed by atoms with Crippen LogP contribution in [-0.4, -0.2) is 24.5 Å². The third-order valence-corrected chi connectivity index (χ3v) is 4.64. The molecule has 0 unspecified atom stereocenters. The number of hydrogen-bond acceptors (Lipinski definition) is 1. The van der Waals surface area contributed by atoms with Gasteiger partial charge in [-0.25, -0.2) is 0 Å². The van der Waals surface area contributed by atoms with Crippen LogP contribution >= 0.6 is 0 Å². The fraction of sp³-hybridized carbons (Fsp3) is 0.650. The lowest BCUT2D eigenvalue weighted by Crippen LogP contribution is -2.30. The van der Waals surface area contributed by atoms with Gasteiger partial charge in [0.15, 0.2) is 0 Å². The molecule has 2 rings (SSSR count). The number of unbranched alkanes of at least 4 members (excludes halogenated alkanes) is 3. The fourth-order valence-corrected chi connectivity index (χ4v) is 3.11. The van der Waals surface area contributed by atoms with Crippen molar-refractivity contribution >= 4 is 0 Å². The lowest BCUT2D eigenvalue weighted by atomic mass is 9.99. The topological polar surface area (TPSA) is 3.24 Å². The first kappa shape index (κ1) is 16.5. The Morgan fingerprint density at radius 3 is 2.24 bits per heavy atom. The van der Waals surface area contributed by atoms with Crippen LogP contribution < -0.4 is 0 Å². The Morgan fingerprint density at radius 1 is 0.905 bits per heavy atom. The number of aryl methyl sites for hydroxylation is 1. The highest BCUT2D eigenvalue weighted by Gasteiger charge is 2.08. The normalized spacial score (nSPS) is 16.5. The first-order chi connectivity index (χ1) is 10.3. The predicted molar refractivity (Wildman–Crippen MR) is 92.7 cm³/mol. The number of nitrogens with zero attached hydrogens (tertiary/aromatic N) is 1. The van der Waals surface area contributed by atoms with Gasteiger partial charge in [0.05, 0.1) is 0 Å². The minimum atomic E-state index is 0.645. The van der Waals surface area contributed by atoms with Crippen LogP contribution in [0.1, 0.15) is 69.4 Å². The van der Waals surface area contributed by atoms with Gasteiger partial charge in [-0.1, -0.05) is 51.0 Å². The first-order valence-electron chi connectivity index (χ1n) is 8.88. The van der Waals surface area contributed by atoms with Crippen molar-refractivity contribution < 1.29 is 0 Å². The Labute approximate surface area is 131 Å². The Morgan fingerprint density at radius 2 is 1.57 bits per heavy atom. The Balaban J connectivity index is 1.53. The molecule has 1 fully saturated rings. The lowest BCUT2D eigenvalue weighted by Gasteiger charge is -2.26. The van der Waals surface area contributed by atoms with Crippen molar-refractivity contribution in [2.75, 3.05) is 19.6 Å². The molecule has 1 aliphatic heterocycles. The Kier molecular flexibility index (Phi) is 7.29. The van der Waals surface area contributed by atoms with Crippen molar-refractivity contribution in [2.24, 2.45) is 0 Å². The summed E-state index contributed by atoms with van der Waals surface area (Å²) < 4.78 is 0. The molecular weight excluding hydrogens is 254 g/mol.